The second kappa shape index (κ2) is 10.3. The number of aryl methyl sites for hydroxylation is 4. The number of nitrogens with one attached hydrogen (secondary N) is 1. The fourth-order valence-corrected chi connectivity index (χ4v) is 6.00. The number of anilines is 1. The molecule has 0 spiro atoms. The molecule has 2 aromatic carbocycles. The van der Waals surface area contributed by atoms with Crippen molar-refractivity contribution in [1.29, 1.82) is 0 Å². The first kappa shape index (κ1) is 24.4. The van der Waals surface area contributed by atoms with Crippen LogP contribution < -0.4 is 5.32 Å². The number of carbonyl (C=O) groups is 1. The number of rotatable bonds is 9. The number of imidazole rings is 1. The zero-order chi connectivity index (χ0) is 24.3. The number of hydrogen-bond acceptors (Lipinski definition) is 4. The van der Waals surface area contributed by atoms with Crippen LogP contribution >= 0.6 is 0 Å². The number of fused-ring (bicyclic) bond motifs is 1. The lowest BCUT2D eigenvalue weighted by atomic mass is 10.1. The molecule has 2 heterocycles. The number of amides is 1. The third-order valence-corrected chi connectivity index (χ3v) is 8.37. The van der Waals surface area contributed by atoms with Crippen LogP contribution in [0, 0.1) is 13.8 Å². The summed E-state index contributed by atoms with van der Waals surface area (Å²) in [6.07, 6.45) is 4.63. The Kier molecular flexibility index (Phi) is 7.38. The van der Waals surface area contributed by atoms with Crippen LogP contribution in [0.1, 0.15) is 56.0 Å². The minimum Gasteiger partial charge on any atom is -0.328 e. The average Bonchev–Trinajstić information content (AvgIpc) is 3.47. The standard InChI is InChI=1S/C26H34N4O3S/c1-4-5-16-30-24-11-10-21(34(32,33)29-14-6-7-15-29)18-23(24)27-25(30)12-13-26(31)28-22-17-19(2)8-9-20(22)3/h8-11,17-18H,4-7,12-16H2,1-3H3,(H,28,31). The molecule has 0 bridgehead atoms. The first-order valence-corrected chi connectivity index (χ1v) is 13.6. The molecule has 8 heteroatoms. The lowest BCUT2D eigenvalue weighted by Gasteiger charge is -2.15. The van der Waals surface area contributed by atoms with Gasteiger partial charge in [0.15, 0.2) is 0 Å². The Morgan fingerprint density at radius 2 is 1.85 bits per heavy atom. The molecule has 34 heavy (non-hydrogen) atoms. The van der Waals surface area contributed by atoms with Crippen LogP contribution in [0.2, 0.25) is 0 Å². The largest absolute Gasteiger partial charge is 0.328 e. The minimum atomic E-state index is -3.50. The third-order valence-electron chi connectivity index (χ3n) is 6.48. The Morgan fingerprint density at radius 3 is 2.59 bits per heavy atom. The van der Waals surface area contributed by atoms with Crippen LogP contribution in [-0.4, -0.2) is 41.3 Å². The van der Waals surface area contributed by atoms with E-state index in [1.54, 1.807) is 16.4 Å². The van der Waals surface area contributed by atoms with E-state index in [0.29, 0.717) is 36.3 Å². The van der Waals surface area contributed by atoms with E-state index in [1.807, 2.05) is 38.1 Å². The molecule has 0 atom stereocenters. The van der Waals surface area contributed by atoms with Gasteiger partial charge in [0.05, 0.1) is 15.9 Å². The number of nitrogens with zero attached hydrogens (tertiary/aromatic N) is 3. The summed E-state index contributed by atoms with van der Waals surface area (Å²) >= 11 is 0. The highest BCUT2D eigenvalue weighted by atomic mass is 32.2. The number of hydrogen-bond donors (Lipinski definition) is 1. The van der Waals surface area contributed by atoms with E-state index in [1.165, 1.54) is 0 Å². The van der Waals surface area contributed by atoms with E-state index >= 15 is 0 Å². The van der Waals surface area contributed by atoms with Gasteiger partial charge in [0.25, 0.3) is 0 Å². The fourth-order valence-electron chi connectivity index (χ4n) is 4.46. The molecule has 3 aromatic rings. The van der Waals surface area contributed by atoms with Gasteiger partial charge in [-0.15, -0.1) is 0 Å². The summed E-state index contributed by atoms with van der Waals surface area (Å²) < 4.78 is 29.7. The predicted molar refractivity (Wildman–Crippen MR) is 136 cm³/mol. The number of sulfonamides is 1. The van der Waals surface area contributed by atoms with Gasteiger partial charge in [0.1, 0.15) is 5.82 Å². The summed E-state index contributed by atoms with van der Waals surface area (Å²) in [6.45, 7) is 8.06. The molecular formula is C26H34N4O3S. The van der Waals surface area contributed by atoms with Gasteiger partial charge in [-0.1, -0.05) is 25.5 Å². The topological polar surface area (TPSA) is 84.3 Å². The van der Waals surface area contributed by atoms with E-state index in [4.69, 9.17) is 4.98 Å². The number of benzene rings is 2. The van der Waals surface area contributed by atoms with Crippen molar-refractivity contribution < 1.29 is 13.2 Å². The number of unbranched alkanes of at least 4 members (excludes halogenated alkanes) is 1. The van der Waals surface area contributed by atoms with Gasteiger partial charge in [-0.2, -0.15) is 4.31 Å². The van der Waals surface area contributed by atoms with Crippen molar-refractivity contribution in [3.63, 3.8) is 0 Å². The van der Waals surface area contributed by atoms with Gasteiger partial charge in [0.2, 0.25) is 15.9 Å². The summed E-state index contributed by atoms with van der Waals surface area (Å²) in [7, 11) is -3.50. The van der Waals surface area contributed by atoms with Crippen molar-refractivity contribution >= 4 is 32.7 Å². The summed E-state index contributed by atoms with van der Waals surface area (Å²) in [6, 6.07) is 11.2. The first-order chi connectivity index (χ1) is 16.3. The molecule has 182 valence electrons. The predicted octanol–water partition coefficient (Wildman–Crippen LogP) is 4.81. The van der Waals surface area contributed by atoms with Crippen molar-refractivity contribution in [2.24, 2.45) is 0 Å². The maximum absolute atomic E-state index is 13.0. The summed E-state index contributed by atoms with van der Waals surface area (Å²) in [5, 5.41) is 3.02. The normalized spacial score (nSPS) is 14.7. The Hall–Kier alpha value is -2.71. The Labute approximate surface area is 202 Å². The Morgan fingerprint density at radius 1 is 1.09 bits per heavy atom. The van der Waals surface area contributed by atoms with Crippen LogP contribution in [0.4, 0.5) is 5.69 Å². The van der Waals surface area contributed by atoms with Gasteiger partial charge in [0, 0.05) is 38.2 Å². The highest BCUT2D eigenvalue weighted by Crippen LogP contribution is 2.26. The van der Waals surface area contributed by atoms with Crippen molar-refractivity contribution in [2.75, 3.05) is 18.4 Å². The van der Waals surface area contributed by atoms with E-state index in [9.17, 15) is 13.2 Å². The van der Waals surface area contributed by atoms with E-state index in [0.717, 1.165) is 60.4 Å². The van der Waals surface area contributed by atoms with Crippen molar-refractivity contribution in [3.8, 4) is 0 Å². The van der Waals surface area contributed by atoms with Gasteiger partial charge in [-0.3, -0.25) is 4.79 Å². The minimum absolute atomic E-state index is 0.0555. The molecule has 1 saturated heterocycles. The monoisotopic (exact) mass is 482 g/mol. The summed E-state index contributed by atoms with van der Waals surface area (Å²) in [4.78, 5) is 17.8. The molecule has 0 saturated carbocycles. The zero-order valence-corrected chi connectivity index (χ0v) is 21.1. The molecule has 0 unspecified atom stereocenters. The van der Waals surface area contributed by atoms with E-state index in [2.05, 4.69) is 16.8 Å². The molecule has 0 aliphatic carbocycles. The molecule has 1 amide bonds. The van der Waals surface area contributed by atoms with Crippen molar-refractivity contribution in [1.82, 2.24) is 13.9 Å². The van der Waals surface area contributed by atoms with E-state index < -0.39 is 10.0 Å². The highest BCUT2D eigenvalue weighted by Gasteiger charge is 2.28. The smallest absolute Gasteiger partial charge is 0.243 e. The molecule has 1 aliphatic rings. The van der Waals surface area contributed by atoms with Crippen LogP contribution in [0.15, 0.2) is 41.3 Å². The fraction of sp³-hybridized carbons (Fsp3) is 0.462. The van der Waals surface area contributed by atoms with Gasteiger partial charge >= 0.3 is 0 Å². The maximum atomic E-state index is 13.0. The van der Waals surface area contributed by atoms with Gasteiger partial charge in [-0.25, -0.2) is 13.4 Å². The maximum Gasteiger partial charge on any atom is 0.243 e. The molecule has 7 nitrogen and oxygen atoms in total. The lowest BCUT2D eigenvalue weighted by Crippen LogP contribution is -2.27. The van der Waals surface area contributed by atoms with Gasteiger partial charge < -0.3 is 9.88 Å². The molecule has 1 aliphatic heterocycles. The number of carbonyl (C=O) groups excluding carboxylic acids is 1. The molecule has 4 rings (SSSR count). The van der Waals surface area contributed by atoms with Crippen LogP contribution in [0.25, 0.3) is 11.0 Å². The van der Waals surface area contributed by atoms with Crippen LogP contribution in [0.5, 0.6) is 0 Å². The molecular weight excluding hydrogens is 448 g/mol. The van der Waals surface area contributed by atoms with Crippen LogP contribution in [0.3, 0.4) is 0 Å². The van der Waals surface area contributed by atoms with Gasteiger partial charge in [-0.05, 0) is 68.5 Å². The van der Waals surface area contributed by atoms with E-state index in [-0.39, 0.29) is 5.91 Å². The zero-order valence-electron chi connectivity index (χ0n) is 20.3. The Bertz CT molecular complexity index is 1290. The second-order valence-corrected chi connectivity index (χ2v) is 11.1. The summed E-state index contributed by atoms with van der Waals surface area (Å²) in [5.41, 5.74) is 4.55. The Balaban J connectivity index is 1.56. The lowest BCUT2D eigenvalue weighted by molar-refractivity contribution is -0.116. The third kappa shape index (κ3) is 5.18. The molecule has 0 radical (unpaired) electrons. The average molecular weight is 483 g/mol. The molecule has 1 aromatic heterocycles. The van der Waals surface area contributed by atoms with Crippen LogP contribution in [-0.2, 0) is 27.8 Å². The molecule has 1 fully saturated rings. The van der Waals surface area contributed by atoms with Crippen molar-refractivity contribution in [2.45, 2.75) is 70.7 Å². The first-order valence-electron chi connectivity index (χ1n) is 12.2. The molecule has 1 N–H and O–H groups in total. The summed E-state index contributed by atoms with van der Waals surface area (Å²) in [5.74, 6) is 0.760. The quantitative estimate of drug-likeness (QED) is 0.474. The SMILES string of the molecule is CCCCn1c(CCC(=O)Nc2cc(C)ccc2C)nc2cc(S(=O)(=O)N3CCCC3)ccc21. The van der Waals surface area contributed by atoms with Crippen molar-refractivity contribution in [3.05, 3.63) is 53.3 Å². The highest BCUT2D eigenvalue weighted by molar-refractivity contribution is 7.89. The number of aromatic nitrogens is 2. The second-order valence-electron chi connectivity index (χ2n) is 9.16.